The molecule has 2 heterocycles. The van der Waals surface area contributed by atoms with Gasteiger partial charge in [-0.2, -0.15) is 0 Å². The largest absolute Gasteiger partial charge is 0.353 e. The minimum Gasteiger partial charge on any atom is -0.353 e. The third-order valence-corrected chi connectivity index (χ3v) is 5.30. The monoisotopic (exact) mass is 385 g/mol. The summed E-state index contributed by atoms with van der Waals surface area (Å²) in [6.45, 7) is 3.16. The molecule has 1 fully saturated rings. The van der Waals surface area contributed by atoms with Gasteiger partial charge in [-0.1, -0.05) is 29.8 Å². The van der Waals surface area contributed by atoms with E-state index in [1.54, 1.807) is 29.4 Å². The smallest absolute Gasteiger partial charge is 0.255 e. The van der Waals surface area contributed by atoms with Crippen LogP contribution in [-0.4, -0.2) is 40.8 Å². The van der Waals surface area contributed by atoms with E-state index >= 15 is 0 Å². The first-order valence-electron chi connectivity index (χ1n) is 9.27. The van der Waals surface area contributed by atoms with Crippen LogP contribution in [0.3, 0.4) is 0 Å². The van der Waals surface area contributed by atoms with Gasteiger partial charge in [0, 0.05) is 42.5 Å². The van der Waals surface area contributed by atoms with Crippen molar-refractivity contribution in [3.8, 4) is 0 Å². The third-order valence-electron chi connectivity index (χ3n) is 4.93. The van der Waals surface area contributed by atoms with E-state index < -0.39 is 0 Å². The van der Waals surface area contributed by atoms with Crippen molar-refractivity contribution in [3.05, 3.63) is 64.9 Å². The Labute approximate surface area is 164 Å². The fourth-order valence-electron chi connectivity index (χ4n) is 3.42. The minimum absolute atomic E-state index is 0.00690. The highest BCUT2D eigenvalue weighted by Gasteiger charge is 2.28. The first-order chi connectivity index (χ1) is 13.0. The zero-order valence-electron chi connectivity index (χ0n) is 15.4. The Bertz CT molecular complexity index is 789. The molecular formula is C21H24ClN3O2. The van der Waals surface area contributed by atoms with Gasteiger partial charge in [0.05, 0.1) is 5.56 Å². The Balaban J connectivity index is 1.48. The number of piperidine rings is 1. The van der Waals surface area contributed by atoms with Gasteiger partial charge in [-0.25, -0.2) is 0 Å². The average molecular weight is 386 g/mol. The number of carbonyl (C=O) groups excluding carboxylic acids is 2. The van der Waals surface area contributed by atoms with Gasteiger partial charge < -0.3 is 10.2 Å². The summed E-state index contributed by atoms with van der Waals surface area (Å²) in [5.41, 5.74) is 1.62. The summed E-state index contributed by atoms with van der Waals surface area (Å²) in [6.07, 6.45) is 5.28. The zero-order valence-corrected chi connectivity index (χ0v) is 16.2. The van der Waals surface area contributed by atoms with Gasteiger partial charge in [-0.05, 0) is 49.9 Å². The summed E-state index contributed by atoms with van der Waals surface area (Å²) < 4.78 is 0. The van der Waals surface area contributed by atoms with Crippen LogP contribution in [0, 0.1) is 5.92 Å². The second-order valence-electron chi connectivity index (χ2n) is 7.01. The Hall–Kier alpha value is -2.40. The molecule has 5 nitrogen and oxygen atoms in total. The molecule has 0 spiro atoms. The lowest BCUT2D eigenvalue weighted by molar-refractivity contribution is -0.126. The van der Waals surface area contributed by atoms with E-state index in [1.807, 2.05) is 31.2 Å². The van der Waals surface area contributed by atoms with E-state index in [-0.39, 0.29) is 23.8 Å². The number of likely N-dealkylation sites (tertiary alicyclic amines) is 1. The molecule has 2 aromatic rings. The molecule has 1 N–H and O–H groups in total. The van der Waals surface area contributed by atoms with Crippen LogP contribution < -0.4 is 5.32 Å². The number of nitrogens with zero attached hydrogens (tertiary/aromatic N) is 2. The highest BCUT2D eigenvalue weighted by molar-refractivity contribution is 6.31. The Kier molecular flexibility index (Phi) is 6.45. The fraction of sp³-hybridized carbons (Fsp3) is 0.381. The van der Waals surface area contributed by atoms with Gasteiger partial charge in [0.15, 0.2) is 0 Å². The van der Waals surface area contributed by atoms with Gasteiger partial charge in [0.2, 0.25) is 5.91 Å². The molecule has 27 heavy (non-hydrogen) atoms. The van der Waals surface area contributed by atoms with Crippen LogP contribution in [0.1, 0.15) is 35.7 Å². The molecule has 1 aromatic carbocycles. The van der Waals surface area contributed by atoms with Gasteiger partial charge in [0.25, 0.3) is 5.91 Å². The molecule has 142 valence electrons. The molecule has 3 rings (SSSR count). The molecular weight excluding hydrogens is 362 g/mol. The number of nitrogens with one attached hydrogen (secondary N) is 1. The lowest BCUT2D eigenvalue weighted by atomic mass is 9.95. The number of benzene rings is 1. The third kappa shape index (κ3) is 5.07. The highest BCUT2D eigenvalue weighted by Crippen LogP contribution is 2.20. The Morgan fingerprint density at radius 1 is 1.22 bits per heavy atom. The molecule has 0 bridgehead atoms. The minimum atomic E-state index is -0.0587. The van der Waals surface area contributed by atoms with E-state index in [0.717, 1.165) is 10.6 Å². The Morgan fingerprint density at radius 2 is 1.96 bits per heavy atom. The van der Waals surface area contributed by atoms with Crippen molar-refractivity contribution >= 4 is 23.4 Å². The van der Waals surface area contributed by atoms with Crippen LogP contribution in [-0.2, 0) is 11.2 Å². The second-order valence-corrected chi connectivity index (χ2v) is 7.42. The predicted octanol–water partition coefficient (Wildman–Crippen LogP) is 3.33. The Morgan fingerprint density at radius 3 is 2.63 bits per heavy atom. The first kappa shape index (κ1) is 19.4. The highest BCUT2D eigenvalue weighted by atomic mass is 35.5. The predicted molar refractivity (Wildman–Crippen MR) is 106 cm³/mol. The van der Waals surface area contributed by atoms with Crippen LogP contribution in [0.25, 0.3) is 0 Å². The number of pyridine rings is 1. The summed E-state index contributed by atoms with van der Waals surface area (Å²) in [5, 5.41) is 3.81. The molecule has 0 unspecified atom stereocenters. The molecule has 0 aliphatic carbocycles. The van der Waals surface area contributed by atoms with E-state index in [1.165, 1.54) is 0 Å². The number of aromatic nitrogens is 1. The molecule has 1 saturated heterocycles. The fourth-order valence-corrected chi connectivity index (χ4v) is 3.64. The molecule has 0 radical (unpaired) electrons. The van der Waals surface area contributed by atoms with Crippen molar-refractivity contribution in [1.29, 1.82) is 0 Å². The molecule has 1 aliphatic heterocycles. The standard InChI is InChI=1S/C21H24ClN3O2/c1-15(13-17-5-2-3-7-19(17)22)24-20(26)16-8-11-25(12-9-16)21(27)18-6-4-10-23-14-18/h2-7,10,14-16H,8-9,11-13H2,1H3,(H,24,26)/t15-/m0/s1. The maximum absolute atomic E-state index is 12.6. The summed E-state index contributed by atoms with van der Waals surface area (Å²) >= 11 is 6.20. The summed E-state index contributed by atoms with van der Waals surface area (Å²) in [4.78, 5) is 30.8. The first-order valence-corrected chi connectivity index (χ1v) is 9.65. The number of carbonyl (C=O) groups is 2. The second kappa shape index (κ2) is 9.00. The van der Waals surface area contributed by atoms with Crippen LogP contribution in [0.15, 0.2) is 48.8 Å². The van der Waals surface area contributed by atoms with Crippen molar-refractivity contribution in [2.24, 2.45) is 5.92 Å². The van der Waals surface area contributed by atoms with Crippen LogP contribution in [0.5, 0.6) is 0 Å². The topological polar surface area (TPSA) is 62.3 Å². The number of halogens is 1. The lowest BCUT2D eigenvalue weighted by Crippen LogP contribution is -2.45. The van der Waals surface area contributed by atoms with Gasteiger partial charge in [-0.15, -0.1) is 0 Å². The SMILES string of the molecule is C[C@@H](Cc1ccccc1Cl)NC(=O)C1CCN(C(=O)c2cccnc2)CC1. The molecule has 1 atom stereocenters. The number of rotatable bonds is 5. The molecule has 0 saturated carbocycles. The van der Waals surface area contributed by atoms with E-state index in [2.05, 4.69) is 10.3 Å². The van der Waals surface area contributed by atoms with E-state index in [4.69, 9.17) is 11.6 Å². The maximum atomic E-state index is 12.6. The van der Waals surface area contributed by atoms with E-state index in [9.17, 15) is 9.59 Å². The van der Waals surface area contributed by atoms with Crippen LogP contribution >= 0.6 is 11.6 Å². The quantitative estimate of drug-likeness (QED) is 0.858. The van der Waals surface area contributed by atoms with Crippen molar-refractivity contribution in [3.63, 3.8) is 0 Å². The van der Waals surface area contributed by atoms with Crippen molar-refractivity contribution < 1.29 is 9.59 Å². The summed E-state index contributed by atoms with van der Waals surface area (Å²) in [5.74, 6) is -0.0197. The van der Waals surface area contributed by atoms with Crippen LogP contribution in [0.4, 0.5) is 0 Å². The normalized spacial score (nSPS) is 16.0. The van der Waals surface area contributed by atoms with Crippen molar-refractivity contribution in [2.45, 2.75) is 32.2 Å². The molecule has 1 aromatic heterocycles. The van der Waals surface area contributed by atoms with Crippen LogP contribution in [0.2, 0.25) is 5.02 Å². The molecule has 6 heteroatoms. The number of amides is 2. The molecule has 1 aliphatic rings. The number of hydrogen-bond acceptors (Lipinski definition) is 3. The summed E-state index contributed by atoms with van der Waals surface area (Å²) in [7, 11) is 0. The van der Waals surface area contributed by atoms with Gasteiger partial charge in [-0.3, -0.25) is 14.6 Å². The lowest BCUT2D eigenvalue weighted by Gasteiger charge is -2.32. The molecule has 2 amide bonds. The number of hydrogen-bond donors (Lipinski definition) is 1. The average Bonchev–Trinajstić information content (AvgIpc) is 2.70. The summed E-state index contributed by atoms with van der Waals surface area (Å²) in [6, 6.07) is 11.2. The van der Waals surface area contributed by atoms with Crippen molar-refractivity contribution in [1.82, 2.24) is 15.2 Å². The zero-order chi connectivity index (χ0) is 19.2. The van der Waals surface area contributed by atoms with Gasteiger partial charge in [0.1, 0.15) is 0 Å². The van der Waals surface area contributed by atoms with E-state index in [0.29, 0.717) is 37.9 Å². The van der Waals surface area contributed by atoms with Gasteiger partial charge >= 0.3 is 0 Å². The maximum Gasteiger partial charge on any atom is 0.255 e. The van der Waals surface area contributed by atoms with Crippen molar-refractivity contribution in [2.75, 3.05) is 13.1 Å².